The topological polar surface area (TPSA) is 9.23 Å². The largest absolute Gasteiger partial charge is 0.453 e. The average Bonchev–Trinajstić information content (AvgIpc) is 2.46. The van der Waals surface area contributed by atoms with E-state index in [4.69, 9.17) is 4.12 Å². The molecule has 3 heteroatoms. The Hall–Kier alpha value is -1.43. The summed E-state index contributed by atoms with van der Waals surface area (Å²) in [6.07, 6.45) is 2.00. The Morgan fingerprint density at radius 3 is 2.24 bits per heavy atom. The van der Waals surface area contributed by atoms with Gasteiger partial charge in [0.2, 0.25) is 0 Å². The lowest BCUT2D eigenvalue weighted by Gasteiger charge is -2.31. The molecule has 0 saturated heterocycles. The summed E-state index contributed by atoms with van der Waals surface area (Å²) < 4.78 is 6.03. The number of hydrogen-bond donors (Lipinski definition) is 0. The molecular weight excluding hydrogens is 288 g/mol. The molecule has 0 aromatic heterocycles. The molecule has 0 atom stereocenters. The summed E-state index contributed by atoms with van der Waals surface area (Å²) in [5.74, 6) is 0. The van der Waals surface area contributed by atoms with Crippen LogP contribution in [-0.2, 0) is 4.12 Å². The first-order valence-electron chi connectivity index (χ1n) is 7.18. The first-order valence-corrected chi connectivity index (χ1v) is 10.5. The highest BCUT2D eigenvalue weighted by Crippen LogP contribution is 2.49. The molecule has 0 amide bonds. The van der Waals surface area contributed by atoms with Crippen LogP contribution in [0.25, 0.3) is 28.3 Å². The maximum absolute atomic E-state index is 6.03. The molecule has 3 rings (SSSR count). The highest BCUT2D eigenvalue weighted by Gasteiger charge is 2.30. The Morgan fingerprint density at radius 1 is 1.05 bits per heavy atom. The fourth-order valence-electron chi connectivity index (χ4n) is 2.97. The lowest BCUT2D eigenvalue weighted by atomic mass is 9.75. The SMILES string of the molecule is C=Cc1c(C)c(C)c([Si]O[Si](C)C)c2c1-c1ccccc1-2. The van der Waals surface area contributed by atoms with E-state index in [0.29, 0.717) is 9.76 Å². The molecule has 0 N–H and O–H groups in total. The van der Waals surface area contributed by atoms with Crippen molar-refractivity contribution in [1.29, 1.82) is 0 Å². The zero-order chi connectivity index (χ0) is 15.1. The predicted octanol–water partition coefficient (Wildman–Crippen LogP) is 4.11. The third-order valence-corrected chi connectivity index (χ3v) is 7.01. The van der Waals surface area contributed by atoms with Crippen molar-refractivity contribution in [1.82, 2.24) is 0 Å². The zero-order valence-corrected chi connectivity index (χ0v) is 15.0. The van der Waals surface area contributed by atoms with Crippen LogP contribution in [0.5, 0.6) is 0 Å². The Labute approximate surface area is 131 Å². The Balaban J connectivity index is 2.21. The standard InChI is InChI=1S/C18H19OSi2/c1-6-13-11(2)12(3)18(20-19-21(4)5)17-15-10-8-7-9-14(15)16(13)17/h6-10H,1H2,2-5H3. The summed E-state index contributed by atoms with van der Waals surface area (Å²) in [4.78, 5) is 0. The van der Waals surface area contributed by atoms with Crippen LogP contribution in [-0.4, -0.2) is 18.8 Å². The van der Waals surface area contributed by atoms with Crippen LogP contribution in [0.3, 0.4) is 0 Å². The van der Waals surface area contributed by atoms with Gasteiger partial charge >= 0.3 is 0 Å². The van der Waals surface area contributed by atoms with Gasteiger partial charge in [0.25, 0.3) is 9.76 Å². The molecule has 105 valence electrons. The normalized spacial score (nSPS) is 11.9. The second-order valence-electron chi connectivity index (χ2n) is 5.65. The molecule has 0 heterocycles. The summed E-state index contributed by atoms with van der Waals surface area (Å²) in [6.45, 7) is 12.8. The summed E-state index contributed by atoms with van der Waals surface area (Å²) in [5, 5.41) is 1.39. The third-order valence-electron chi connectivity index (χ3n) is 4.14. The van der Waals surface area contributed by atoms with Crippen LogP contribution in [0, 0.1) is 13.8 Å². The van der Waals surface area contributed by atoms with Crippen LogP contribution in [0.15, 0.2) is 30.8 Å². The van der Waals surface area contributed by atoms with Gasteiger partial charge in [-0.15, -0.1) is 0 Å². The van der Waals surface area contributed by atoms with Crippen LogP contribution < -0.4 is 5.19 Å². The van der Waals surface area contributed by atoms with Crippen molar-refractivity contribution in [2.24, 2.45) is 0 Å². The molecule has 21 heavy (non-hydrogen) atoms. The highest BCUT2D eigenvalue weighted by atomic mass is 28.3. The van der Waals surface area contributed by atoms with Crippen molar-refractivity contribution >= 4 is 30.1 Å². The molecular formula is C18H19OSi2. The van der Waals surface area contributed by atoms with Crippen LogP contribution in [0.4, 0.5) is 0 Å². The zero-order valence-electron chi connectivity index (χ0n) is 13.0. The predicted molar refractivity (Wildman–Crippen MR) is 94.4 cm³/mol. The van der Waals surface area contributed by atoms with E-state index in [2.05, 4.69) is 57.8 Å². The van der Waals surface area contributed by atoms with Gasteiger partial charge in [0.15, 0.2) is 9.04 Å². The van der Waals surface area contributed by atoms with Crippen molar-refractivity contribution < 1.29 is 4.12 Å². The first kappa shape index (κ1) is 14.5. The van der Waals surface area contributed by atoms with E-state index in [1.165, 1.54) is 44.1 Å². The molecule has 0 saturated carbocycles. The maximum atomic E-state index is 6.03. The monoisotopic (exact) mass is 307 g/mol. The Bertz CT molecular complexity index is 732. The van der Waals surface area contributed by atoms with E-state index in [9.17, 15) is 0 Å². The summed E-state index contributed by atoms with van der Waals surface area (Å²) in [5.41, 5.74) is 9.47. The lowest BCUT2D eigenvalue weighted by molar-refractivity contribution is 0.635. The van der Waals surface area contributed by atoms with Gasteiger partial charge in [-0.05, 0) is 71.1 Å². The molecule has 0 spiro atoms. The first-order chi connectivity index (χ1) is 10.1. The number of hydrogen-bond acceptors (Lipinski definition) is 1. The molecule has 1 aliphatic rings. The molecule has 0 aliphatic heterocycles. The maximum Gasteiger partial charge on any atom is 0.257 e. The van der Waals surface area contributed by atoms with E-state index in [1.54, 1.807) is 0 Å². The van der Waals surface area contributed by atoms with Gasteiger partial charge in [-0.3, -0.25) is 0 Å². The van der Waals surface area contributed by atoms with E-state index < -0.39 is 9.04 Å². The molecule has 0 bridgehead atoms. The Morgan fingerprint density at radius 2 is 1.67 bits per heavy atom. The lowest BCUT2D eigenvalue weighted by Crippen LogP contribution is -2.31. The van der Waals surface area contributed by atoms with Crippen molar-refractivity contribution in [2.75, 3.05) is 0 Å². The fraction of sp³-hybridized carbons (Fsp3) is 0.222. The van der Waals surface area contributed by atoms with Gasteiger partial charge in [-0.2, -0.15) is 0 Å². The second kappa shape index (κ2) is 5.41. The minimum Gasteiger partial charge on any atom is -0.453 e. The van der Waals surface area contributed by atoms with Gasteiger partial charge in [0.05, 0.1) is 0 Å². The second-order valence-corrected chi connectivity index (χ2v) is 8.99. The van der Waals surface area contributed by atoms with E-state index in [1.807, 2.05) is 6.08 Å². The number of rotatable bonds is 4. The van der Waals surface area contributed by atoms with Crippen LogP contribution in [0.2, 0.25) is 13.1 Å². The van der Waals surface area contributed by atoms with E-state index in [-0.39, 0.29) is 0 Å². The molecule has 3 radical (unpaired) electrons. The summed E-state index contributed by atoms with van der Waals surface area (Å²) >= 11 is 0. The Kier molecular flexibility index (Phi) is 3.74. The van der Waals surface area contributed by atoms with Gasteiger partial charge in [0, 0.05) is 0 Å². The molecule has 1 aliphatic carbocycles. The van der Waals surface area contributed by atoms with Crippen LogP contribution >= 0.6 is 0 Å². The van der Waals surface area contributed by atoms with Gasteiger partial charge in [-0.1, -0.05) is 36.9 Å². The van der Waals surface area contributed by atoms with Gasteiger partial charge in [0.1, 0.15) is 0 Å². The van der Waals surface area contributed by atoms with Crippen molar-refractivity contribution in [3.05, 3.63) is 47.5 Å². The van der Waals surface area contributed by atoms with E-state index >= 15 is 0 Å². The molecule has 0 unspecified atom stereocenters. The van der Waals surface area contributed by atoms with Crippen molar-refractivity contribution in [3.8, 4) is 22.3 Å². The highest BCUT2D eigenvalue weighted by molar-refractivity contribution is 6.63. The van der Waals surface area contributed by atoms with Gasteiger partial charge in [-0.25, -0.2) is 0 Å². The van der Waals surface area contributed by atoms with E-state index in [0.717, 1.165) is 0 Å². The fourth-order valence-corrected chi connectivity index (χ4v) is 4.89. The minimum atomic E-state index is -0.666. The molecule has 2 aromatic rings. The number of fused-ring (bicyclic) bond motifs is 4. The summed E-state index contributed by atoms with van der Waals surface area (Å²) in [6, 6.07) is 8.66. The molecule has 0 fully saturated rings. The molecule has 1 nitrogen and oxygen atoms in total. The van der Waals surface area contributed by atoms with Gasteiger partial charge < -0.3 is 4.12 Å². The smallest absolute Gasteiger partial charge is 0.257 e. The minimum absolute atomic E-state index is 0.447. The molecule has 2 aromatic carbocycles. The summed E-state index contributed by atoms with van der Waals surface area (Å²) in [7, 11) is -0.219. The van der Waals surface area contributed by atoms with Crippen molar-refractivity contribution in [3.63, 3.8) is 0 Å². The quantitative estimate of drug-likeness (QED) is 0.659. The van der Waals surface area contributed by atoms with Crippen LogP contribution in [0.1, 0.15) is 16.7 Å². The number of benzene rings is 2. The average molecular weight is 308 g/mol. The third kappa shape index (κ3) is 2.16. The van der Waals surface area contributed by atoms with Crippen molar-refractivity contribution in [2.45, 2.75) is 26.9 Å².